The molecule has 0 saturated heterocycles. The standard InChI is InChI=1S/C26H28ClNO4/c1-16(2)20-12-10-17(3)14-25(20)31-18(4)26(29)28-21-15-19(27)11-13-22(21)32-24-9-7-6-8-23(24)30-5/h6-16,18H,1-5H3,(H,28,29). The Morgan fingerprint density at radius 3 is 2.31 bits per heavy atom. The molecule has 0 spiro atoms. The van der Waals surface area contributed by atoms with E-state index in [4.69, 9.17) is 25.8 Å². The van der Waals surface area contributed by atoms with Crippen LogP contribution in [-0.2, 0) is 4.79 Å². The highest BCUT2D eigenvalue weighted by molar-refractivity contribution is 6.31. The Balaban J connectivity index is 1.80. The number of ether oxygens (including phenoxy) is 3. The minimum atomic E-state index is -0.729. The van der Waals surface area contributed by atoms with Crippen LogP contribution in [0.2, 0.25) is 5.02 Å². The van der Waals surface area contributed by atoms with Gasteiger partial charge in [0.2, 0.25) is 0 Å². The third-order valence-electron chi connectivity index (χ3n) is 4.95. The van der Waals surface area contributed by atoms with Gasteiger partial charge in [-0.25, -0.2) is 0 Å². The van der Waals surface area contributed by atoms with E-state index in [1.165, 1.54) is 0 Å². The summed E-state index contributed by atoms with van der Waals surface area (Å²) in [6.45, 7) is 7.90. The van der Waals surface area contributed by atoms with Crippen molar-refractivity contribution >= 4 is 23.2 Å². The number of carbonyl (C=O) groups is 1. The lowest BCUT2D eigenvalue weighted by molar-refractivity contribution is -0.122. The first-order chi connectivity index (χ1) is 15.3. The molecule has 32 heavy (non-hydrogen) atoms. The molecule has 3 rings (SSSR count). The molecule has 0 aliphatic heterocycles. The first-order valence-corrected chi connectivity index (χ1v) is 10.8. The fraction of sp³-hybridized carbons (Fsp3) is 0.269. The van der Waals surface area contributed by atoms with E-state index in [1.807, 2.05) is 37.3 Å². The van der Waals surface area contributed by atoms with Crippen LogP contribution in [0.1, 0.15) is 37.8 Å². The minimum Gasteiger partial charge on any atom is -0.493 e. The van der Waals surface area contributed by atoms with Gasteiger partial charge in [-0.3, -0.25) is 4.79 Å². The maximum absolute atomic E-state index is 13.0. The highest BCUT2D eigenvalue weighted by Gasteiger charge is 2.20. The van der Waals surface area contributed by atoms with Crippen molar-refractivity contribution in [2.24, 2.45) is 0 Å². The number of amides is 1. The van der Waals surface area contributed by atoms with E-state index >= 15 is 0 Å². The first-order valence-electron chi connectivity index (χ1n) is 10.5. The van der Waals surface area contributed by atoms with Crippen molar-refractivity contribution in [3.63, 3.8) is 0 Å². The molecule has 6 heteroatoms. The number of para-hydroxylation sites is 2. The van der Waals surface area contributed by atoms with Crippen molar-refractivity contribution in [2.45, 2.75) is 39.7 Å². The number of methoxy groups -OCH3 is 1. The van der Waals surface area contributed by atoms with Crippen LogP contribution in [0.4, 0.5) is 5.69 Å². The van der Waals surface area contributed by atoms with Crippen LogP contribution in [0, 0.1) is 6.92 Å². The van der Waals surface area contributed by atoms with Gasteiger partial charge in [0, 0.05) is 5.02 Å². The van der Waals surface area contributed by atoms with Crippen molar-refractivity contribution in [3.8, 4) is 23.0 Å². The molecule has 168 valence electrons. The molecule has 0 heterocycles. The lowest BCUT2D eigenvalue weighted by Crippen LogP contribution is -2.30. The Labute approximate surface area is 194 Å². The first kappa shape index (κ1) is 23.5. The van der Waals surface area contributed by atoms with Gasteiger partial charge in [0.15, 0.2) is 23.4 Å². The average Bonchev–Trinajstić information content (AvgIpc) is 2.75. The summed E-state index contributed by atoms with van der Waals surface area (Å²) < 4.78 is 17.4. The molecule has 1 unspecified atom stereocenters. The van der Waals surface area contributed by atoms with Crippen molar-refractivity contribution in [2.75, 3.05) is 12.4 Å². The Kier molecular flexibility index (Phi) is 7.65. The van der Waals surface area contributed by atoms with E-state index in [0.29, 0.717) is 33.7 Å². The molecular weight excluding hydrogens is 426 g/mol. The van der Waals surface area contributed by atoms with E-state index < -0.39 is 6.10 Å². The smallest absolute Gasteiger partial charge is 0.265 e. The van der Waals surface area contributed by atoms with E-state index in [1.54, 1.807) is 44.4 Å². The van der Waals surface area contributed by atoms with Crippen LogP contribution in [0.5, 0.6) is 23.0 Å². The number of rotatable bonds is 8. The lowest BCUT2D eigenvalue weighted by Gasteiger charge is -2.20. The molecule has 3 aromatic rings. The predicted molar refractivity (Wildman–Crippen MR) is 129 cm³/mol. The third kappa shape index (κ3) is 5.74. The van der Waals surface area contributed by atoms with E-state index in [0.717, 1.165) is 11.1 Å². The summed E-state index contributed by atoms with van der Waals surface area (Å²) >= 11 is 6.18. The summed E-state index contributed by atoms with van der Waals surface area (Å²) in [5.41, 5.74) is 2.56. The molecule has 1 N–H and O–H groups in total. The normalized spacial score (nSPS) is 11.7. The maximum Gasteiger partial charge on any atom is 0.265 e. The predicted octanol–water partition coefficient (Wildman–Crippen LogP) is 6.98. The Hall–Kier alpha value is -3.18. The van der Waals surface area contributed by atoms with E-state index in [-0.39, 0.29) is 11.8 Å². The summed E-state index contributed by atoms with van der Waals surface area (Å²) in [4.78, 5) is 13.0. The highest BCUT2D eigenvalue weighted by Crippen LogP contribution is 2.36. The SMILES string of the molecule is COc1ccccc1Oc1ccc(Cl)cc1NC(=O)C(C)Oc1cc(C)ccc1C(C)C. The lowest BCUT2D eigenvalue weighted by atomic mass is 10.0. The Morgan fingerprint density at radius 2 is 1.62 bits per heavy atom. The molecular formula is C26H28ClNO4. The van der Waals surface area contributed by atoms with Gasteiger partial charge < -0.3 is 19.5 Å². The third-order valence-corrected chi connectivity index (χ3v) is 5.19. The van der Waals surface area contributed by atoms with Crippen LogP contribution in [0.15, 0.2) is 60.7 Å². The van der Waals surface area contributed by atoms with Gasteiger partial charge in [0.1, 0.15) is 5.75 Å². The molecule has 0 fully saturated rings. The molecule has 0 aliphatic carbocycles. The molecule has 0 aromatic heterocycles. The van der Waals surface area contributed by atoms with Crippen LogP contribution in [0.3, 0.4) is 0 Å². The molecule has 0 aliphatic rings. The zero-order valence-electron chi connectivity index (χ0n) is 18.9. The van der Waals surface area contributed by atoms with Crippen LogP contribution in [0.25, 0.3) is 0 Å². The average molecular weight is 454 g/mol. The molecule has 0 saturated carbocycles. The van der Waals surface area contributed by atoms with Crippen molar-refractivity contribution in [1.29, 1.82) is 0 Å². The fourth-order valence-electron chi connectivity index (χ4n) is 3.21. The Bertz CT molecular complexity index is 1100. The second kappa shape index (κ2) is 10.4. The second-order valence-corrected chi connectivity index (χ2v) is 8.28. The van der Waals surface area contributed by atoms with Crippen LogP contribution in [-0.4, -0.2) is 19.1 Å². The Morgan fingerprint density at radius 1 is 0.906 bits per heavy atom. The quantitative estimate of drug-likeness (QED) is 0.399. The largest absolute Gasteiger partial charge is 0.493 e. The van der Waals surface area contributed by atoms with Gasteiger partial charge in [0.05, 0.1) is 12.8 Å². The van der Waals surface area contributed by atoms with Gasteiger partial charge in [0.25, 0.3) is 5.91 Å². The number of halogens is 1. The number of benzene rings is 3. The van der Waals surface area contributed by atoms with Crippen molar-refractivity contribution < 1.29 is 19.0 Å². The van der Waals surface area contributed by atoms with Crippen molar-refractivity contribution in [3.05, 3.63) is 76.8 Å². The molecule has 0 radical (unpaired) electrons. The van der Waals surface area contributed by atoms with Gasteiger partial charge >= 0.3 is 0 Å². The van der Waals surface area contributed by atoms with Gasteiger partial charge in [-0.05, 0) is 67.3 Å². The molecule has 0 bridgehead atoms. The van der Waals surface area contributed by atoms with Gasteiger partial charge in [-0.15, -0.1) is 0 Å². The summed E-state index contributed by atoms with van der Waals surface area (Å²) in [5.74, 6) is 2.22. The van der Waals surface area contributed by atoms with Gasteiger partial charge in [-0.1, -0.05) is 49.7 Å². The summed E-state index contributed by atoms with van der Waals surface area (Å²) in [7, 11) is 1.57. The topological polar surface area (TPSA) is 56.8 Å². The summed E-state index contributed by atoms with van der Waals surface area (Å²) in [6, 6.07) is 18.4. The zero-order chi connectivity index (χ0) is 23.3. The van der Waals surface area contributed by atoms with Crippen molar-refractivity contribution in [1.82, 2.24) is 0 Å². The zero-order valence-corrected chi connectivity index (χ0v) is 19.7. The number of nitrogens with one attached hydrogen (secondary N) is 1. The summed E-state index contributed by atoms with van der Waals surface area (Å²) in [5, 5.41) is 3.35. The number of anilines is 1. The summed E-state index contributed by atoms with van der Waals surface area (Å²) in [6.07, 6.45) is -0.729. The minimum absolute atomic E-state index is 0.273. The van der Waals surface area contributed by atoms with E-state index in [2.05, 4.69) is 19.2 Å². The number of hydrogen-bond donors (Lipinski definition) is 1. The van der Waals surface area contributed by atoms with Gasteiger partial charge in [-0.2, -0.15) is 0 Å². The molecule has 1 atom stereocenters. The van der Waals surface area contributed by atoms with E-state index in [9.17, 15) is 4.79 Å². The van der Waals surface area contributed by atoms with Crippen LogP contribution >= 0.6 is 11.6 Å². The number of carbonyl (C=O) groups excluding carboxylic acids is 1. The second-order valence-electron chi connectivity index (χ2n) is 7.84. The molecule has 5 nitrogen and oxygen atoms in total. The highest BCUT2D eigenvalue weighted by atomic mass is 35.5. The number of hydrogen-bond acceptors (Lipinski definition) is 4. The molecule has 1 amide bonds. The monoisotopic (exact) mass is 453 g/mol. The maximum atomic E-state index is 13.0. The number of aryl methyl sites for hydroxylation is 1. The fourth-order valence-corrected chi connectivity index (χ4v) is 3.38. The van der Waals surface area contributed by atoms with Crippen LogP contribution < -0.4 is 19.5 Å². The molecule has 3 aromatic carbocycles.